The summed E-state index contributed by atoms with van der Waals surface area (Å²) in [5.74, 6) is 0.485. The molecule has 0 saturated heterocycles. The molecule has 1 aromatic heterocycles. The topological polar surface area (TPSA) is 54.3 Å². The number of anilines is 1. The molecule has 0 spiro atoms. The lowest BCUT2D eigenvalue weighted by Gasteiger charge is -2.23. The number of carbonyl (C=O) groups is 1. The van der Waals surface area contributed by atoms with Crippen LogP contribution in [0.5, 0.6) is 0 Å². The van der Waals surface area contributed by atoms with E-state index in [1.165, 1.54) is 0 Å². The number of halogens is 1. The molecule has 1 aromatic carbocycles. The van der Waals surface area contributed by atoms with Gasteiger partial charge < -0.3 is 15.1 Å². The van der Waals surface area contributed by atoms with E-state index in [1.807, 2.05) is 30.3 Å². The molecule has 112 valence electrons. The molecule has 1 heterocycles. The predicted octanol–water partition coefficient (Wildman–Crippen LogP) is 3.91. The molecule has 2 rings (SSSR count). The van der Waals surface area contributed by atoms with E-state index in [4.69, 9.17) is 4.42 Å². The van der Waals surface area contributed by atoms with Crippen molar-refractivity contribution in [2.24, 2.45) is 5.92 Å². The van der Waals surface area contributed by atoms with Crippen molar-refractivity contribution in [1.82, 2.24) is 5.32 Å². The van der Waals surface area contributed by atoms with E-state index in [0.29, 0.717) is 22.9 Å². The standard InChI is InChI=1S/C16H19BrN2O2/c1-11(2)13(19-12-6-4-3-5-7-12)10-18-16(20)14-8-9-15(17)21-14/h3-9,11,13,19H,10H2,1-2H3,(H,18,20). The number of amides is 1. The second-order valence-corrected chi connectivity index (χ2v) is 5.96. The van der Waals surface area contributed by atoms with Crippen LogP contribution in [0.15, 0.2) is 51.6 Å². The average Bonchev–Trinajstić information content (AvgIpc) is 2.90. The quantitative estimate of drug-likeness (QED) is 0.830. The van der Waals surface area contributed by atoms with E-state index in [9.17, 15) is 4.79 Å². The third-order valence-corrected chi connectivity index (χ3v) is 3.64. The minimum atomic E-state index is -0.207. The third-order valence-electron chi connectivity index (χ3n) is 3.21. The van der Waals surface area contributed by atoms with Gasteiger partial charge in [0, 0.05) is 18.3 Å². The number of para-hydroxylation sites is 1. The summed E-state index contributed by atoms with van der Waals surface area (Å²) in [4.78, 5) is 12.0. The summed E-state index contributed by atoms with van der Waals surface area (Å²) < 4.78 is 5.79. The van der Waals surface area contributed by atoms with E-state index >= 15 is 0 Å². The van der Waals surface area contributed by atoms with Crippen molar-refractivity contribution in [1.29, 1.82) is 0 Å². The Hall–Kier alpha value is -1.75. The second-order valence-electron chi connectivity index (χ2n) is 5.17. The monoisotopic (exact) mass is 350 g/mol. The van der Waals surface area contributed by atoms with Gasteiger partial charge in [0.15, 0.2) is 10.4 Å². The third kappa shape index (κ3) is 4.63. The van der Waals surface area contributed by atoms with E-state index in [-0.39, 0.29) is 11.9 Å². The SMILES string of the molecule is CC(C)C(CNC(=O)c1ccc(Br)o1)Nc1ccccc1. The zero-order chi connectivity index (χ0) is 15.2. The lowest BCUT2D eigenvalue weighted by atomic mass is 10.0. The molecular weight excluding hydrogens is 332 g/mol. The molecule has 1 unspecified atom stereocenters. The smallest absolute Gasteiger partial charge is 0.287 e. The number of rotatable bonds is 6. The highest BCUT2D eigenvalue weighted by atomic mass is 79.9. The maximum absolute atomic E-state index is 12.0. The van der Waals surface area contributed by atoms with Crippen LogP contribution in [0.4, 0.5) is 5.69 Å². The lowest BCUT2D eigenvalue weighted by molar-refractivity contribution is 0.0921. The summed E-state index contributed by atoms with van der Waals surface area (Å²) in [7, 11) is 0. The molecular formula is C16H19BrN2O2. The molecule has 0 aliphatic heterocycles. The van der Waals surface area contributed by atoms with Gasteiger partial charge in [-0.05, 0) is 46.1 Å². The lowest BCUT2D eigenvalue weighted by Crippen LogP contribution is -2.39. The summed E-state index contributed by atoms with van der Waals surface area (Å²) in [5, 5.41) is 6.33. The van der Waals surface area contributed by atoms with Gasteiger partial charge in [0.05, 0.1) is 0 Å². The maximum Gasteiger partial charge on any atom is 0.287 e. The zero-order valence-corrected chi connectivity index (χ0v) is 13.7. The Morgan fingerprint density at radius 2 is 1.90 bits per heavy atom. The first-order chi connectivity index (χ1) is 10.1. The Morgan fingerprint density at radius 1 is 1.19 bits per heavy atom. The largest absolute Gasteiger partial charge is 0.444 e. The Morgan fingerprint density at radius 3 is 2.48 bits per heavy atom. The number of furan rings is 1. The molecule has 1 amide bonds. The minimum absolute atomic E-state index is 0.148. The first-order valence-corrected chi connectivity index (χ1v) is 7.70. The second kappa shape index (κ2) is 7.31. The van der Waals surface area contributed by atoms with Crippen LogP contribution in [0, 0.1) is 5.92 Å². The molecule has 0 bridgehead atoms. The molecule has 0 saturated carbocycles. The van der Waals surface area contributed by atoms with Gasteiger partial charge in [-0.25, -0.2) is 0 Å². The molecule has 1 atom stereocenters. The van der Waals surface area contributed by atoms with Crippen LogP contribution in [0.1, 0.15) is 24.4 Å². The van der Waals surface area contributed by atoms with Crippen LogP contribution in [0.3, 0.4) is 0 Å². The average molecular weight is 351 g/mol. The molecule has 0 aliphatic carbocycles. The minimum Gasteiger partial charge on any atom is -0.444 e. The van der Waals surface area contributed by atoms with Crippen LogP contribution in [0.2, 0.25) is 0 Å². The van der Waals surface area contributed by atoms with Crippen molar-refractivity contribution in [2.45, 2.75) is 19.9 Å². The summed E-state index contributed by atoms with van der Waals surface area (Å²) in [6.07, 6.45) is 0. The number of nitrogens with one attached hydrogen (secondary N) is 2. The van der Waals surface area contributed by atoms with E-state index in [2.05, 4.69) is 40.4 Å². The Kier molecular flexibility index (Phi) is 5.44. The highest BCUT2D eigenvalue weighted by molar-refractivity contribution is 9.10. The Balaban J connectivity index is 1.93. The van der Waals surface area contributed by atoms with Crippen LogP contribution in [0.25, 0.3) is 0 Å². The van der Waals surface area contributed by atoms with Crippen LogP contribution in [-0.2, 0) is 0 Å². The van der Waals surface area contributed by atoms with Gasteiger partial charge in [0.25, 0.3) is 5.91 Å². The molecule has 0 aliphatic rings. The first kappa shape index (κ1) is 15.6. The molecule has 5 heteroatoms. The Labute approximate surface area is 133 Å². The van der Waals surface area contributed by atoms with Gasteiger partial charge in [-0.15, -0.1) is 0 Å². The fourth-order valence-corrected chi connectivity index (χ4v) is 2.23. The van der Waals surface area contributed by atoms with Gasteiger partial charge in [-0.3, -0.25) is 4.79 Å². The summed E-state index contributed by atoms with van der Waals surface area (Å²) in [6.45, 7) is 4.77. The van der Waals surface area contributed by atoms with E-state index < -0.39 is 0 Å². The van der Waals surface area contributed by atoms with Crippen molar-refractivity contribution in [3.63, 3.8) is 0 Å². The molecule has 0 fully saturated rings. The summed E-state index contributed by atoms with van der Waals surface area (Å²) >= 11 is 3.19. The summed E-state index contributed by atoms with van der Waals surface area (Å²) in [5.41, 5.74) is 1.05. The summed E-state index contributed by atoms with van der Waals surface area (Å²) in [6, 6.07) is 13.5. The normalized spacial score (nSPS) is 12.2. The number of benzene rings is 1. The molecule has 4 nitrogen and oxygen atoms in total. The first-order valence-electron chi connectivity index (χ1n) is 6.91. The van der Waals surface area contributed by atoms with Gasteiger partial charge in [0.2, 0.25) is 0 Å². The van der Waals surface area contributed by atoms with E-state index in [0.717, 1.165) is 5.69 Å². The van der Waals surface area contributed by atoms with Gasteiger partial charge in [-0.2, -0.15) is 0 Å². The number of carbonyl (C=O) groups excluding carboxylic acids is 1. The number of hydrogen-bond donors (Lipinski definition) is 2. The van der Waals surface area contributed by atoms with Crippen molar-refractivity contribution in [3.8, 4) is 0 Å². The van der Waals surface area contributed by atoms with Gasteiger partial charge in [-0.1, -0.05) is 32.0 Å². The maximum atomic E-state index is 12.0. The highest BCUT2D eigenvalue weighted by Crippen LogP contribution is 2.15. The Bertz CT molecular complexity index is 581. The number of hydrogen-bond acceptors (Lipinski definition) is 3. The van der Waals surface area contributed by atoms with Crippen molar-refractivity contribution < 1.29 is 9.21 Å². The highest BCUT2D eigenvalue weighted by Gasteiger charge is 2.16. The zero-order valence-electron chi connectivity index (χ0n) is 12.1. The van der Waals surface area contributed by atoms with Crippen LogP contribution >= 0.6 is 15.9 Å². The fraction of sp³-hybridized carbons (Fsp3) is 0.312. The van der Waals surface area contributed by atoms with Crippen LogP contribution < -0.4 is 10.6 Å². The van der Waals surface area contributed by atoms with Crippen molar-refractivity contribution >= 4 is 27.5 Å². The van der Waals surface area contributed by atoms with Gasteiger partial charge in [0.1, 0.15) is 0 Å². The molecule has 0 radical (unpaired) electrons. The van der Waals surface area contributed by atoms with Crippen molar-refractivity contribution in [2.75, 3.05) is 11.9 Å². The van der Waals surface area contributed by atoms with Gasteiger partial charge >= 0.3 is 0 Å². The molecule has 2 N–H and O–H groups in total. The van der Waals surface area contributed by atoms with Crippen molar-refractivity contribution in [3.05, 3.63) is 52.9 Å². The van der Waals surface area contributed by atoms with E-state index in [1.54, 1.807) is 12.1 Å². The fourth-order valence-electron chi connectivity index (χ4n) is 1.93. The molecule has 2 aromatic rings. The van der Waals surface area contributed by atoms with Crippen LogP contribution in [-0.4, -0.2) is 18.5 Å². The molecule has 21 heavy (non-hydrogen) atoms. The predicted molar refractivity (Wildman–Crippen MR) is 87.4 cm³/mol.